The molecule has 38 heavy (non-hydrogen) atoms. The van der Waals surface area contributed by atoms with Gasteiger partial charge in [-0.1, -0.05) is 6.07 Å². The third kappa shape index (κ3) is 3.17. The zero-order chi connectivity index (χ0) is 26.1. The molecule has 0 bridgehead atoms. The number of hydrogen-bond donors (Lipinski definition) is 1. The fourth-order valence-corrected chi connectivity index (χ4v) is 6.77. The molecule has 0 unspecified atom stereocenters. The number of benzene rings is 2. The van der Waals surface area contributed by atoms with Crippen LogP contribution in [0.3, 0.4) is 0 Å². The smallest absolute Gasteiger partial charge is 0.278 e. The van der Waals surface area contributed by atoms with Crippen LogP contribution in [0.4, 0.5) is 4.39 Å². The van der Waals surface area contributed by atoms with Gasteiger partial charge in [-0.3, -0.25) is 19.3 Å². The molecule has 10 heteroatoms. The first kappa shape index (κ1) is 23.0. The molecule has 2 aromatic heterocycles. The Kier molecular flexibility index (Phi) is 5.11. The van der Waals surface area contributed by atoms with Crippen molar-refractivity contribution in [1.29, 1.82) is 0 Å². The molecule has 8 nitrogen and oxygen atoms in total. The van der Waals surface area contributed by atoms with Crippen LogP contribution in [0.2, 0.25) is 0 Å². The van der Waals surface area contributed by atoms with Gasteiger partial charge in [-0.05, 0) is 64.0 Å². The Labute approximate surface area is 220 Å². The van der Waals surface area contributed by atoms with Crippen molar-refractivity contribution in [2.45, 2.75) is 12.2 Å². The molecule has 4 heterocycles. The number of carbonyl (C=O) groups is 1. The molecule has 2 aliphatic heterocycles. The average molecular weight is 532 g/mol. The van der Waals surface area contributed by atoms with Gasteiger partial charge in [0.15, 0.2) is 11.4 Å². The Bertz CT molecular complexity index is 1680. The molecule has 0 spiro atoms. The lowest BCUT2D eigenvalue weighted by molar-refractivity contribution is -0.0196. The first-order chi connectivity index (χ1) is 18.5. The minimum Gasteiger partial charge on any atom is -0.502 e. The molecule has 0 saturated carbocycles. The van der Waals surface area contributed by atoms with Gasteiger partial charge in [-0.15, -0.1) is 11.3 Å². The maximum atomic E-state index is 14.7. The van der Waals surface area contributed by atoms with Gasteiger partial charge in [-0.25, -0.2) is 4.39 Å². The lowest BCUT2D eigenvalue weighted by atomic mass is 9.92. The quantitative estimate of drug-likeness (QED) is 0.422. The fourth-order valence-electron chi connectivity index (χ4n) is 5.81. The van der Waals surface area contributed by atoms with Gasteiger partial charge in [0.2, 0.25) is 5.43 Å². The number of aromatic hydroxyl groups is 1. The highest BCUT2D eigenvalue weighted by atomic mass is 32.1. The average Bonchev–Trinajstić information content (AvgIpc) is 3.39. The zero-order valence-corrected chi connectivity index (χ0v) is 21.1. The maximum Gasteiger partial charge on any atom is 0.278 e. The number of thiophene rings is 1. The van der Waals surface area contributed by atoms with Gasteiger partial charge < -0.3 is 19.5 Å². The molecule has 7 rings (SSSR count). The molecular formula is C28H22FN3O5S. The molecular weight excluding hydrogens is 509 g/mol. The zero-order valence-electron chi connectivity index (χ0n) is 20.3. The largest absolute Gasteiger partial charge is 0.502 e. The first-order valence-electron chi connectivity index (χ1n) is 12.2. The van der Waals surface area contributed by atoms with Gasteiger partial charge in [-0.2, -0.15) is 0 Å². The Balaban J connectivity index is 1.59. The molecule has 0 radical (unpaired) electrons. The Hall–Kier alpha value is -4.15. The van der Waals surface area contributed by atoms with Crippen molar-refractivity contribution in [1.82, 2.24) is 9.58 Å². The number of nitrogens with zero attached hydrogens (tertiary/aromatic N) is 3. The van der Waals surface area contributed by atoms with E-state index < -0.39 is 29.3 Å². The van der Waals surface area contributed by atoms with E-state index in [-0.39, 0.29) is 18.1 Å². The van der Waals surface area contributed by atoms with Crippen molar-refractivity contribution in [2.24, 2.45) is 0 Å². The SMILES string of the molecule is COc1ccc2c(c1)[C@H](N1[C@@H]3COCCN3C(=O)c3c(O)c(=O)ccn31)c1ccc(F)cc1-c1ccsc1-2. The molecule has 4 aromatic rings. The number of methoxy groups -OCH3 is 1. The molecule has 1 saturated heterocycles. The number of morpholine rings is 1. The summed E-state index contributed by atoms with van der Waals surface area (Å²) in [7, 11) is 1.60. The van der Waals surface area contributed by atoms with Crippen LogP contribution in [0, 0.1) is 5.82 Å². The fraction of sp³-hybridized carbons (Fsp3) is 0.214. The van der Waals surface area contributed by atoms with E-state index in [0.717, 1.165) is 32.7 Å². The lowest BCUT2D eigenvalue weighted by Gasteiger charge is -2.51. The molecule has 3 aliphatic rings. The topological polar surface area (TPSA) is 84.2 Å². The lowest BCUT2D eigenvalue weighted by Crippen LogP contribution is -2.66. The van der Waals surface area contributed by atoms with E-state index in [1.54, 1.807) is 34.1 Å². The number of aromatic nitrogens is 1. The van der Waals surface area contributed by atoms with Crippen molar-refractivity contribution in [2.75, 3.05) is 31.9 Å². The number of ether oxygens (including phenoxy) is 2. The normalized spacial score (nSPS) is 19.6. The molecule has 192 valence electrons. The van der Waals surface area contributed by atoms with Crippen molar-refractivity contribution >= 4 is 17.2 Å². The van der Waals surface area contributed by atoms with Crippen LogP contribution in [-0.4, -0.2) is 53.6 Å². The summed E-state index contributed by atoms with van der Waals surface area (Å²) in [5.74, 6) is -0.764. The summed E-state index contributed by atoms with van der Waals surface area (Å²) in [4.78, 5) is 28.6. The van der Waals surface area contributed by atoms with Crippen molar-refractivity contribution in [3.63, 3.8) is 0 Å². The Morgan fingerprint density at radius 1 is 1.05 bits per heavy atom. The van der Waals surface area contributed by atoms with Crippen LogP contribution in [0.5, 0.6) is 11.5 Å². The van der Waals surface area contributed by atoms with Crippen molar-refractivity contribution in [3.8, 4) is 33.1 Å². The molecule has 1 fully saturated rings. The van der Waals surface area contributed by atoms with E-state index in [1.165, 1.54) is 24.4 Å². The van der Waals surface area contributed by atoms with Gasteiger partial charge in [0, 0.05) is 29.2 Å². The van der Waals surface area contributed by atoms with Crippen molar-refractivity contribution in [3.05, 3.63) is 93.0 Å². The van der Waals surface area contributed by atoms with Gasteiger partial charge in [0.25, 0.3) is 5.91 Å². The summed E-state index contributed by atoms with van der Waals surface area (Å²) in [6.45, 7) is 0.845. The number of halogens is 1. The van der Waals surface area contributed by atoms with E-state index in [2.05, 4.69) is 0 Å². The number of fused-ring (bicyclic) bond motifs is 7. The Morgan fingerprint density at radius 3 is 2.76 bits per heavy atom. The van der Waals surface area contributed by atoms with E-state index in [9.17, 15) is 19.1 Å². The minimum atomic E-state index is -0.635. The van der Waals surface area contributed by atoms with Crippen LogP contribution in [-0.2, 0) is 4.74 Å². The number of hydrogen-bond acceptors (Lipinski definition) is 7. The second-order valence-electron chi connectivity index (χ2n) is 9.41. The molecule has 2 aromatic carbocycles. The van der Waals surface area contributed by atoms with Gasteiger partial charge in [0.1, 0.15) is 17.7 Å². The molecule has 1 N–H and O–H groups in total. The minimum absolute atomic E-state index is 0.109. The number of pyridine rings is 1. The summed E-state index contributed by atoms with van der Waals surface area (Å²) in [5, 5.41) is 14.7. The third-order valence-corrected chi connectivity index (χ3v) is 8.45. The summed E-state index contributed by atoms with van der Waals surface area (Å²) < 4.78 is 27.7. The number of carbonyl (C=O) groups excluding carboxylic acids is 1. The number of amides is 1. The second-order valence-corrected chi connectivity index (χ2v) is 10.3. The van der Waals surface area contributed by atoms with Gasteiger partial charge in [0.05, 0.1) is 26.4 Å². The summed E-state index contributed by atoms with van der Waals surface area (Å²) in [6, 6.07) is 13.2. The standard InChI is InChI=1S/C28H22FN3O5S/c1-36-16-3-5-18-21(13-16)24(17-4-2-15(29)12-20(17)19-7-11-38-27(18)19)32-23-14-37-10-9-30(23)28(35)25-26(34)22(33)6-8-31(25)32/h2-8,11-13,23-24,34H,9-10,14H2,1H3/t23-,24-/m1/s1. The molecule has 1 amide bonds. The van der Waals surface area contributed by atoms with Crippen LogP contribution in [0.15, 0.2) is 64.9 Å². The monoisotopic (exact) mass is 531 g/mol. The van der Waals surface area contributed by atoms with Gasteiger partial charge >= 0.3 is 0 Å². The molecule has 1 aliphatic carbocycles. The predicted octanol–water partition coefficient (Wildman–Crippen LogP) is 3.95. The van der Waals surface area contributed by atoms with E-state index in [4.69, 9.17) is 9.47 Å². The van der Waals surface area contributed by atoms with E-state index in [1.807, 2.05) is 34.7 Å². The van der Waals surface area contributed by atoms with Crippen molar-refractivity contribution < 1.29 is 23.8 Å². The number of rotatable bonds is 2. The summed E-state index contributed by atoms with van der Waals surface area (Å²) in [6.07, 6.45) is 0.953. The Morgan fingerprint density at radius 2 is 1.92 bits per heavy atom. The third-order valence-electron chi connectivity index (χ3n) is 7.50. The summed E-state index contributed by atoms with van der Waals surface area (Å²) in [5.41, 5.74) is 3.53. The van der Waals surface area contributed by atoms with E-state index >= 15 is 0 Å². The highest BCUT2D eigenvalue weighted by molar-refractivity contribution is 7.14. The van der Waals surface area contributed by atoms with E-state index in [0.29, 0.717) is 18.9 Å². The van der Waals surface area contributed by atoms with Crippen LogP contribution >= 0.6 is 11.3 Å². The summed E-state index contributed by atoms with van der Waals surface area (Å²) >= 11 is 1.57. The predicted molar refractivity (Wildman–Crippen MR) is 140 cm³/mol. The molecule has 2 atom stereocenters. The van der Waals surface area contributed by atoms with Crippen LogP contribution in [0.25, 0.3) is 21.6 Å². The highest BCUT2D eigenvalue weighted by Gasteiger charge is 2.46. The maximum absolute atomic E-state index is 14.7. The van der Waals surface area contributed by atoms with Crippen LogP contribution < -0.4 is 15.2 Å². The first-order valence-corrected chi connectivity index (χ1v) is 13.0. The highest BCUT2D eigenvalue weighted by Crippen LogP contribution is 2.50. The second kappa shape index (κ2) is 8.44. The van der Waals surface area contributed by atoms with Crippen LogP contribution in [0.1, 0.15) is 27.7 Å².